The fourth-order valence-corrected chi connectivity index (χ4v) is 2.56. The van der Waals surface area contributed by atoms with Gasteiger partial charge >= 0.3 is 0 Å². The van der Waals surface area contributed by atoms with Crippen LogP contribution in [0.25, 0.3) is 0 Å². The van der Waals surface area contributed by atoms with E-state index >= 15 is 0 Å². The summed E-state index contributed by atoms with van der Waals surface area (Å²) in [4.78, 5) is 5.20. The summed E-state index contributed by atoms with van der Waals surface area (Å²) in [5.41, 5.74) is 0.260. The molecule has 1 rings (SSSR count). The first-order valence-electron chi connectivity index (χ1n) is 7.64. The second kappa shape index (κ2) is 7.46. The number of piperazine rings is 1. The lowest BCUT2D eigenvalue weighted by Gasteiger charge is -2.37. The maximum atomic E-state index is 3.57. The molecule has 3 nitrogen and oxygen atoms in total. The molecule has 0 spiro atoms. The zero-order valence-electron chi connectivity index (χ0n) is 13.1. The smallest absolute Gasteiger partial charge is 0.0113 e. The molecule has 1 N–H and O–H groups in total. The molecule has 0 bridgehead atoms. The first kappa shape index (κ1) is 15.9. The van der Waals surface area contributed by atoms with Crippen LogP contribution < -0.4 is 5.32 Å². The Morgan fingerprint density at radius 1 is 1.11 bits per heavy atom. The van der Waals surface area contributed by atoms with Gasteiger partial charge in [0.2, 0.25) is 0 Å². The van der Waals surface area contributed by atoms with E-state index in [-0.39, 0.29) is 5.54 Å². The predicted octanol–water partition coefficient (Wildman–Crippen LogP) is 2.18. The highest BCUT2D eigenvalue weighted by atomic mass is 15.3. The normalized spacial score (nSPS) is 21.2. The summed E-state index contributed by atoms with van der Waals surface area (Å²) in [6.07, 6.45) is 2.60. The number of rotatable bonds is 6. The van der Waals surface area contributed by atoms with Crippen LogP contribution in [-0.2, 0) is 0 Å². The highest BCUT2D eigenvalue weighted by molar-refractivity contribution is 4.76. The Bertz CT molecular complexity index is 214. The zero-order valence-corrected chi connectivity index (χ0v) is 13.1. The minimum absolute atomic E-state index is 0.260. The number of nitrogens with zero attached hydrogens (tertiary/aromatic N) is 2. The molecule has 0 aromatic rings. The minimum Gasteiger partial charge on any atom is -0.312 e. The van der Waals surface area contributed by atoms with E-state index in [9.17, 15) is 0 Å². The lowest BCUT2D eigenvalue weighted by atomic mass is 10.1. The van der Waals surface area contributed by atoms with Gasteiger partial charge in [-0.25, -0.2) is 0 Å². The van der Waals surface area contributed by atoms with E-state index in [2.05, 4.69) is 49.7 Å². The van der Waals surface area contributed by atoms with Gasteiger partial charge in [-0.1, -0.05) is 6.92 Å². The number of hydrogen-bond donors (Lipinski definition) is 1. The molecule has 0 radical (unpaired) electrons. The van der Waals surface area contributed by atoms with Crippen molar-refractivity contribution in [3.05, 3.63) is 0 Å². The Hall–Kier alpha value is -0.120. The monoisotopic (exact) mass is 255 g/mol. The summed E-state index contributed by atoms with van der Waals surface area (Å²) in [7, 11) is 0. The second-order valence-corrected chi connectivity index (χ2v) is 6.64. The van der Waals surface area contributed by atoms with Gasteiger partial charge in [-0.3, -0.25) is 4.90 Å². The zero-order chi connectivity index (χ0) is 13.6. The van der Waals surface area contributed by atoms with E-state index in [0.717, 1.165) is 12.6 Å². The Labute approximate surface area is 114 Å². The third-order valence-corrected chi connectivity index (χ3v) is 3.93. The van der Waals surface area contributed by atoms with Crippen molar-refractivity contribution < 1.29 is 0 Å². The van der Waals surface area contributed by atoms with Crippen molar-refractivity contribution in [2.45, 2.75) is 59.0 Å². The Balaban J connectivity index is 2.12. The molecule has 1 unspecified atom stereocenters. The van der Waals surface area contributed by atoms with E-state index in [1.807, 2.05) is 0 Å². The second-order valence-electron chi connectivity index (χ2n) is 6.64. The molecule has 1 fully saturated rings. The van der Waals surface area contributed by atoms with Gasteiger partial charge in [-0.15, -0.1) is 0 Å². The van der Waals surface area contributed by atoms with Gasteiger partial charge in [0.05, 0.1) is 0 Å². The average molecular weight is 255 g/mol. The molecule has 1 atom stereocenters. The molecule has 0 aromatic carbocycles. The first-order chi connectivity index (χ1) is 8.42. The summed E-state index contributed by atoms with van der Waals surface area (Å²) >= 11 is 0. The van der Waals surface area contributed by atoms with Crippen LogP contribution in [0.3, 0.4) is 0 Å². The van der Waals surface area contributed by atoms with Crippen LogP contribution >= 0.6 is 0 Å². The van der Waals surface area contributed by atoms with Crippen molar-refractivity contribution in [1.82, 2.24) is 15.1 Å². The Morgan fingerprint density at radius 3 is 2.22 bits per heavy atom. The maximum absolute atomic E-state index is 3.57. The van der Waals surface area contributed by atoms with Crippen molar-refractivity contribution in [2.24, 2.45) is 0 Å². The Kier molecular flexibility index (Phi) is 6.61. The van der Waals surface area contributed by atoms with Crippen molar-refractivity contribution in [3.8, 4) is 0 Å². The van der Waals surface area contributed by atoms with Gasteiger partial charge in [0.25, 0.3) is 0 Å². The van der Waals surface area contributed by atoms with E-state index in [4.69, 9.17) is 0 Å². The van der Waals surface area contributed by atoms with E-state index in [1.165, 1.54) is 45.6 Å². The van der Waals surface area contributed by atoms with E-state index < -0.39 is 0 Å². The summed E-state index contributed by atoms with van der Waals surface area (Å²) in [5, 5.41) is 3.57. The first-order valence-corrected chi connectivity index (χ1v) is 7.64. The fraction of sp³-hybridized carbons (Fsp3) is 1.00. The molecule has 3 heteroatoms. The van der Waals surface area contributed by atoms with Crippen molar-refractivity contribution in [2.75, 3.05) is 39.3 Å². The van der Waals surface area contributed by atoms with Gasteiger partial charge in [-0.05, 0) is 53.6 Å². The average Bonchev–Trinajstić information content (AvgIpc) is 2.33. The van der Waals surface area contributed by atoms with Crippen LogP contribution in [0.4, 0.5) is 0 Å². The van der Waals surface area contributed by atoms with Crippen LogP contribution in [0.1, 0.15) is 47.5 Å². The van der Waals surface area contributed by atoms with Crippen LogP contribution in [-0.4, -0.2) is 60.6 Å². The molecule has 1 heterocycles. The van der Waals surface area contributed by atoms with Gasteiger partial charge in [-0.2, -0.15) is 0 Å². The van der Waals surface area contributed by atoms with Crippen molar-refractivity contribution in [1.29, 1.82) is 0 Å². The van der Waals surface area contributed by atoms with Crippen molar-refractivity contribution in [3.63, 3.8) is 0 Å². The highest BCUT2D eigenvalue weighted by Crippen LogP contribution is 2.10. The fourth-order valence-electron chi connectivity index (χ4n) is 2.56. The van der Waals surface area contributed by atoms with Crippen LogP contribution in [0.15, 0.2) is 0 Å². The lowest BCUT2D eigenvalue weighted by molar-refractivity contribution is 0.101. The molecule has 1 aliphatic rings. The summed E-state index contributed by atoms with van der Waals surface area (Å²) in [6, 6.07) is 0.741. The van der Waals surface area contributed by atoms with E-state index in [0.29, 0.717) is 0 Å². The van der Waals surface area contributed by atoms with Crippen LogP contribution in [0.2, 0.25) is 0 Å². The molecule has 1 saturated heterocycles. The molecule has 0 saturated carbocycles. The largest absolute Gasteiger partial charge is 0.312 e. The topological polar surface area (TPSA) is 18.5 Å². The predicted molar refractivity (Wildman–Crippen MR) is 80.1 cm³/mol. The summed E-state index contributed by atoms with van der Waals surface area (Å²) in [6.45, 7) is 18.7. The SMILES string of the molecule is CCN1CCN(C(C)CCCNC(C)(C)C)CC1. The molecular weight excluding hydrogens is 222 g/mol. The summed E-state index contributed by atoms with van der Waals surface area (Å²) < 4.78 is 0. The maximum Gasteiger partial charge on any atom is 0.0113 e. The van der Waals surface area contributed by atoms with E-state index in [1.54, 1.807) is 0 Å². The molecular formula is C15H33N3. The standard InChI is InChI=1S/C15H33N3/c1-6-17-10-12-18(13-11-17)14(2)8-7-9-16-15(3,4)5/h14,16H,6-13H2,1-5H3. The van der Waals surface area contributed by atoms with Crippen LogP contribution in [0, 0.1) is 0 Å². The third kappa shape index (κ3) is 6.17. The molecule has 18 heavy (non-hydrogen) atoms. The van der Waals surface area contributed by atoms with Gasteiger partial charge in [0, 0.05) is 37.8 Å². The van der Waals surface area contributed by atoms with Crippen molar-refractivity contribution >= 4 is 0 Å². The molecule has 0 amide bonds. The molecule has 108 valence electrons. The summed E-state index contributed by atoms with van der Waals surface area (Å²) in [5.74, 6) is 0. The Morgan fingerprint density at radius 2 is 1.72 bits per heavy atom. The lowest BCUT2D eigenvalue weighted by Crippen LogP contribution is -2.49. The number of likely N-dealkylation sites (N-methyl/N-ethyl adjacent to an activating group) is 1. The minimum atomic E-state index is 0.260. The van der Waals surface area contributed by atoms with Gasteiger partial charge < -0.3 is 10.2 Å². The number of hydrogen-bond acceptors (Lipinski definition) is 3. The van der Waals surface area contributed by atoms with Crippen LogP contribution in [0.5, 0.6) is 0 Å². The number of nitrogens with one attached hydrogen (secondary N) is 1. The van der Waals surface area contributed by atoms with Gasteiger partial charge in [0.1, 0.15) is 0 Å². The highest BCUT2D eigenvalue weighted by Gasteiger charge is 2.19. The quantitative estimate of drug-likeness (QED) is 0.734. The third-order valence-electron chi connectivity index (χ3n) is 3.93. The molecule has 1 aliphatic heterocycles. The molecule has 0 aromatic heterocycles. The molecule has 0 aliphatic carbocycles. The van der Waals surface area contributed by atoms with Gasteiger partial charge in [0.15, 0.2) is 0 Å².